The molecule has 0 bridgehead atoms. The van der Waals surface area contributed by atoms with E-state index in [-0.39, 0.29) is 5.91 Å². The molecule has 1 aromatic carbocycles. The number of nitrogens with one attached hydrogen (secondary N) is 2. The summed E-state index contributed by atoms with van der Waals surface area (Å²) in [4.78, 5) is 12.1. The number of nitrogens with zero attached hydrogens (tertiary/aromatic N) is 1. The molecule has 2 rings (SSSR count). The lowest BCUT2D eigenvalue weighted by molar-refractivity contribution is -0.132. The van der Waals surface area contributed by atoms with Crippen molar-refractivity contribution in [3.8, 4) is 6.07 Å². The van der Waals surface area contributed by atoms with Gasteiger partial charge in [0.25, 0.3) is 5.91 Å². The Kier molecular flexibility index (Phi) is 5.73. The van der Waals surface area contributed by atoms with E-state index in [9.17, 15) is 10.1 Å². The molecule has 1 heterocycles. The monoisotopic (exact) mass is 287 g/mol. The van der Waals surface area contributed by atoms with Gasteiger partial charge in [-0.2, -0.15) is 5.26 Å². The molecule has 2 atom stereocenters. The van der Waals surface area contributed by atoms with Crippen LogP contribution in [0.1, 0.15) is 17.5 Å². The summed E-state index contributed by atoms with van der Waals surface area (Å²) in [5, 5.41) is 15.1. The van der Waals surface area contributed by atoms with E-state index in [1.807, 2.05) is 31.2 Å². The molecular formula is C16H21N3O2. The second-order valence-corrected chi connectivity index (χ2v) is 5.30. The highest BCUT2D eigenvalue weighted by Crippen LogP contribution is 2.07. The van der Waals surface area contributed by atoms with Gasteiger partial charge in [-0.15, -0.1) is 0 Å². The van der Waals surface area contributed by atoms with Crippen molar-refractivity contribution in [3.63, 3.8) is 0 Å². The van der Waals surface area contributed by atoms with Crippen LogP contribution in [0, 0.1) is 18.3 Å². The van der Waals surface area contributed by atoms with Crippen LogP contribution in [-0.2, 0) is 16.0 Å². The Morgan fingerprint density at radius 1 is 1.52 bits per heavy atom. The van der Waals surface area contributed by atoms with E-state index in [1.165, 1.54) is 5.56 Å². The molecule has 112 valence electrons. The van der Waals surface area contributed by atoms with Crippen molar-refractivity contribution in [1.82, 2.24) is 10.6 Å². The van der Waals surface area contributed by atoms with Gasteiger partial charge in [0.1, 0.15) is 12.1 Å². The third kappa shape index (κ3) is 4.85. The summed E-state index contributed by atoms with van der Waals surface area (Å²) < 4.78 is 5.49. The largest absolute Gasteiger partial charge is 0.367 e. The van der Waals surface area contributed by atoms with Gasteiger partial charge in [-0.3, -0.25) is 4.79 Å². The van der Waals surface area contributed by atoms with Crippen molar-refractivity contribution >= 4 is 5.91 Å². The Morgan fingerprint density at radius 3 is 3.00 bits per heavy atom. The van der Waals surface area contributed by atoms with Crippen LogP contribution in [0.25, 0.3) is 0 Å². The maximum atomic E-state index is 12.1. The van der Waals surface area contributed by atoms with Crippen LogP contribution in [0.15, 0.2) is 24.3 Å². The average molecular weight is 287 g/mol. The van der Waals surface area contributed by atoms with E-state index < -0.39 is 12.1 Å². The highest BCUT2D eigenvalue weighted by atomic mass is 16.5. The van der Waals surface area contributed by atoms with E-state index in [1.54, 1.807) is 0 Å². The normalized spacial score (nSPS) is 20.1. The molecule has 21 heavy (non-hydrogen) atoms. The van der Waals surface area contributed by atoms with Crippen LogP contribution in [0.2, 0.25) is 0 Å². The van der Waals surface area contributed by atoms with Crippen LogP contribution in [0.4, 0.5) is 0 Å². The Morgan fingerprint density at radius 2 is 2.29 bits per heavy atom. The highest BCUT2D eigenvalue weighted by molar-refractivity contribution is 5.81. The maximum absolute atomic E-state index is 12.1. The van der Waals surface area contributed by atoms with E-state index in [0.29, 0.717) is 19.6 Å². The number of nitriles is 1. The molecule has 1 saturated heterocycles. The molecule has 0 radical (unpaired) electrons. The van der Waals surface area contributed by atoms with Crippen LogP contribution in [0.5, 0.6) is 0 Å². The van der Waals surface area contributed by atoms with Crippen LogP contribution in [-0.4, -0.2) is 37.7 Å². The highest BCUT2D eigenvalue weighted by Gasteiger charge is 2.23. The predicted octanol–water partition coefficient (Wildman–Crippen LogP) is 0.924. The molecule has 0 aliphatic carbocycles. The van der Waals surface area contributed by atoms with Crippen LogP contribution in [0.3, 0.4) is 0 Å². The lowest BCUT2D eigenvalue weighted by Crippen LogP contribution is -2.46. The number of rotatable bonds is 4. The summed E-state index contributed by atoms with van der Waals surface area (Å²) in [5.74, 6) is -0.219. The lowest BCUT2D eigenvalue weighted by atomic mass is 10.1. The van der Waals surface area contributed by atoms with Gasteiger partial charge in [-0.25, -0.2) is 0 Å². The standard InChI is InChI=1S/C16H21N3O2/c1-12-3-5-13(6-4-12)9-14(10-17)19-16(20)15-11-18-7-2-8-21-15/h3-6,14-15,18H,2,7-9,11H2,1H3,(H,19,20). The van der Waals surface area contributed by atoms with Crippen molar-refractivity contribution in [2.75, 3.05) is 19.7 Å². The molecule has 2 N–H and O–H groups in total. The molecule has 1 fully saturated rings. The molecule has 1 aromatic rings. The number of hydrogen-bond donors (Lipinski definition) is 2. The van der Waals surface area contributed by atoms with Gasteiger partial charge in [0.05, 0.1) is 6.07 Å². The molecule has 0 spiro atoms. The van der Waals surface area contributed by atoms with Crippen LogP contribution < -0.4 is 10.6 Å². The Hall–Kier alpha value is -1.90. The number of aryl methyl sites for hydroxylation is 1. The Balaban J connectivity index is 1.90. The second-order valence-electron chi connectivity index (χ2n) is 5.30. The number of benzene rings is 1. The van der Waals surface area contributed by atoms with Gasteiger partial charge < -0.3 is 15.4 Å². The quantitative estimate of drug-likeness (QED) is 0.864. The Labute approximate surface area is 125 Å². The summed E-state index contributed by atoms with van der Waals surface area (Å²) in [6, 6.07) is 9.58. The third-order valence-corrected chi connectivity index (χ3v) is 3.47. The molecule has 0 saturated carbocycles. The molecule has 0 aromatic heterocycles. The Bertz CT molecular complexity index is 499. The molecule has 2 unspecified atom stereocenters. The number of carbonyl (C=O) groups is 1. The minimum absolute atomic E-state index is 0.219. The van der Waals surface area contributed by atoms with Crippen molar-refractivity contribution in [2.45, 2.75) is 31.9 Å². The number of hydrogen-bond acceptors (Lipinski definition) is 4. The topological polar surface area (TPSA) is 74.2 Å². The van der Waals surface area contributed by atoms with E-state index >= 15 is 0 Å². The average Bonchev–Trinajstić information content (AvgIpc) is 2.78. The summed E-state index contributed by atoms with van der Waals surface area (Å²) in [6.45, 7) is 3.94. The first-order chi connectivity index (χ1) is 10.2. The van der Waals surface area contributed by atoms with E-state index in [0.717, 1.165) is 18.5 Å². The second kappa shape index (κ2) is 7.77. The first-order valence-corrected chi connectivity index (χ1v) is 7.27. The van der Waals surface area contributed by atoms with Crippen molar-refractivity contribution in [2.24, 2.45) is 0 Å². The summed E-state index contributed by atoms with van der Waals surface area (Å²) in [6.07, 6.45) is 0.888. The first-order valence-electron chi connectivity index (χ1n) is 7.27. The van der Waals surface area contributed by atoms with Gasteiger partial charge in [0.15, 0.2) is 0 Å². The van der Waals surface area contributed by atoms with Crippen molar-refractivity contribution in [3.05, 3.63) is 35.4 Å². The third-order valence-electron chi connectivity index (χ3n) is 3.47. The minimum atomic E-state index is -0.535. The van der Waals surface area contributed by atoms with Crippen molar-refractivity contribution < 1.29 is 9.53 Å². The number of amides is 1. The molecule has 1 aliphatic rings. The predicted molar refractivity (Wildman–Crippen MR) is 79.7 cm³/mol. The summed E-state index contributed by atoms with van der Waals surface area (Å²) >= 11 is 0. The van der Waals surface area contributed by atoms with Gasteiger partial charge >= 0.3 is 0 Å². The number of carbonyl (C=O) groups excluding carboxylic acids is 1. The maximum Gasteiger partial charge on any atom is 0.251 e. The van der Waals surface area contributed by atoms with Gasteiger partial charge in [-0.1, -0.05) is 29.8 Å². The van der Waals surface area contributed by atoms with Gasteiger partial charge in [0, 0.05) is 19.6 Å². The fourth-order valence-corrected chi connectivity index (χ4v) is 2.24. The summed E-state index contributed by atoms with van der Waals surface area (Å²) in [7, 11) is 0. The fraction of sp³-hybridized carbons (Fsp3) is 0.500. The van der Waals surface area contributed by atoms with Crippen LogP contribution >= 0.6 is 0 Å². The van der Waals surface area contributed by atoms with E-state index in [4.69, 9.17) is 4.74 Å². The molecular weight excluding hydrogens is 266 g/mol. The zero-order valence-electron chi connectivity index (χ0n) is 12.3. The van der Waals surface area contributed by atoms with Gasteiger partial charge in [-0.05, 0) is 25.5 Å². The molecule has 1 aliphatic heterocycles. The smallest absolute Gasteiger partial charge is 0.251 e. The lowest BCUT2D eigenvalue weighted by Gasteiger charge is -2.18. The summed E-state index contributed by atoms with van der Waals surface area (Å²) in [5.41, 5.74) is 2.21. The fourth-order valence-electron chi connectivity index (χ4n) is 2.24. The molecule has 5 heteroatoms. The minimum Gasteiger partial charge on any atom is -0.367 e. The van der Waals surface area contributed by atoms with Crippen molar-refractivity contribution in [1.29, 1.82) is 5.26 Å². The molecule has 1 amide bonds. The number of ether oxygens (including phenoxy) is 1. The SMILES string of the molecule is Cc1ccc(CC(C#N)NC(=O)C2CNCCCO2)cc1. The zero-order chi connectivity index (χ0) is 15.1. The van der Waals surface area contributed by atoms with Gasteiger partial charge in [0.2, 0.25) is 0 Å². The first kappa shape index (κ1) is 15.5. The zero-order valence-corrected chi connectivity index (χ0v) is 12.3. The molecule has 5 nitrogen and oxygen atoms in total. The van der Waals surface area contributed by atoms with E-state index in [2.05, 4.69) is 16.7 Å².